The van der Waals surface area contributed by atoms with Crippen LogP contribution < -0.4 is 9.47 Å². The second-order valence-corrected chi connectivity index (χ2v) is 9.38. The first-order valence-electron chi connectivity index (χ1n) is 9.57. The number of methoxy groups -OCH3 is 1. The molecule has 33 heavy (non-hydrogen) atoms. The molecule has 4 rings (SSSR count). The third-order valence-electron chi connectivity index (χ3n) is 4.66. The van der Waals surface area contributed by atoms with Gasteiger partial charge in [-0.05, 0) is 86.6 Å². The number of aliphatic imine (C=N–C) groups is 1. The Morgan fingerprint density at radius 2 is 2.00 bits per heavy atom. The lowest BCUT2D eigenvalue weighted by Crippen LogP contribution is -2.06. The van der Waals surface area contributed by atoms with Gasteiger partial charge in [-0.1, -0.05) is 29.8 Å². The molecular formula is C24H15BrClFINO4. The molecule has 0 saturated carbocycles. The van der Waals surface area contributed by atoms with Crippen molar-refractivity contribution < 1.29 is 23.4 Å². The second-order valence-electron chi connectivity index (χ2n) is 6.87. The molecule has 0 aromatic heterocycles. The van der Waals surface area contributed by atoms with Gasteiger partial charge in [-0.2, -0.15) is 0 Å². The first-order chi connectivity index (χ1) is 15.9. The average molecular weight is 643 g/mol. The van der Waals surface area contributed by atoms with E-state index in [0.29, 0.717) is 37.7 Å². The Hall–Kier alpha value is -2.43. The number of hydrogen-bond donors (Lipinski definition) is 0. The van der Waals surface area contributed by atoms with Crippen LogP contribution in [0.15, 0.2) is 69.8 Å². The van der Waals surface area contributed by atoms with Crippen molar-refractivity contribution >= 4 is 68.1 Å². The molecule has 168 valence electrons. The van der Waals surface area contributed by atoms with E-state index >= 15 is 0 Å². The van der Waals surface area contributed by atoms with E-state index in [1.165, 1.54) is 13.2 Å². The van der Waals surface area contributed by atoms with Crippen LogP contribution >= 0.6 is 50.1 Å². The summed E-state index contributed by atoms with van der Waals surface area (Å²) in [4.78, 5) is 16.7. The van der Waals surface area contributed by atoms with Gasteiger partial charge >= 0.3 is 5.97 Å². The molecule has 0 amide bonds. The zero-order valence-corrected chi connectivity index (χ0v) is 21.6. The van der Waals surface area contributed by atoms with Crippen LogP contribution in [0.4, 0.5) is 4.39 Å². The number of ether oxygens (including phenoxy) is 3. The molecule has 1 aliphatic heterocycles. The smallest absolute Gasteiger partial charge is 0.363 e. The van der Waals surface area contributed by atoms with E-state index in [1.54, 1.807) is 48.5 Å². The van der Waals surface area contributed by atoms with E-state index in [9.17, 15) is 9.18 Å². The van der Waals surface area contributed by atoms with Gasteiger partial charge in [0.1, 0.15) is 12.4 Å². The number of rotatable bonds is 6. The molecule has 0 N–H and O–H groups in total. The van der Waals surface area contributed by atoms with E-state index < -0.39 is 5.97 Å². The van der Waals surface area contributed by atoms with Gasteiger partial charge in [0.05, 0.1) is 22.2 Å². The highest BCUT2D eigenvalue weighted by atomic mass is 127. The van der Waals surface area contributed by atoms with Crippen LogP contribution in [0.25, 0.3) is 6.08 Å². The van der Waals surface area contributed by atoms with Crippen molar-refractivity contribution in [3.05, 3.63) is 95.9 Å². The second kappa shape index (κ2) is 10.2. The lowest BCUT2D eigenvalue weighted by Gasteiger charge is -2.14. The summed E-state index contributed by atoms with van der Waals surface area (Å²) in [5, 5.41) is 0.434. The van der Waals surface area contributed by atoms with Gasteiger partial charge in [-0.3, -0.25) is 0 Å². The lowest BCUT2D eigenvalue weighted by atomic mass is 10.1. The van der Waals surface area contributed by atoms with Gasteiger partial charge in [-0.15, -0.1) is 0 Å². The third kappa shape index (κ3) is 5.39. The maximum Gasteiger partial charge on any atom is 0.363 e. The molecule has 3 aromatic rings. The van der Waals surface area contributed by atoms with E-state index in [0.717, 1.165) is 3.57 Å². The number of cyclic esters (lactones) is 1. The van der Waals surface area contributed by atoms with E-state index in [-0.39, 0.29) is 24.0 Å². The maximum absolute atomic E-state index is 13.9. The molecule has 0 fully saturated rings. The molecule has 3 aromatic carbocycles. The Balaban J connectivity index is 1.62. The molecule has 1 aliphatic rings. The van der Waals surface area contributed by atoms with Crippen LogP contribution in [0.3, 0.4) is 0 Å². The van der Waals surface area contributed by atoms with Crippen molar-refractivity contribution in [2.24, 2.45) is 4.99 Å². The molecule has 0 radical (unpaired) electrons. The SMILES string of the molecule is COc1cc(/C=C2\N=C(c3cc(I)ccc3Cl)OC2=O)cc(Br)c1OCc1ccccc1F. The highest BCUT2D eigenvalue weighted by molar-refractivity contribution is 14.1. The van der Waals surface area contributed by atoms with E-state index in [2.05, 4.69) is 43.5 Å². The summed E-state index contributed by atoms with van der Waals surface area (Å²) >= 11 is 11.8. The summed E-state index contributed by atoms with van der Waals surface area (Å²) in [7, 11) is 1.49. The van der Waals surface area contributed by atoms with Gasteiger partial charge in [0.25, 0.3) is 0 Å². The van der Waals surface area contributed by atoms with Crippen molar-refractivity contribution in [3.63, 3.8) is 0 Å². The highest BCUT2D eigenvalue weighted by Crippen LogP contribution is 2.38. The fourth-order valence-electron chi connectivity index (χ4n) is 3.07. The van der Waals surface area contributed by atoms with Crippen molar-refractivity contribution in [3.8, 4) is 11.5 Å². The minimum Gasteiger partial charge on any atom is -0.493 e. The highest BCUT2D eigenvalue weighted by Gasteiger charge is 2.26. The Labute approximate surface area is 216 Å². The minimum absolute atomic E-state index is 0.0265. The fraction of sp³-hybridized carbons (Fsp3) is 0.0833. The summed E-state index contributed by atoms with van der Waals surface area (Å²) in [6, 6.07) is 15.2. The van der Waals surface area contributed by atoms with Crippen LogP contribution in [0, 0.1) is 9.39 Å². The fourth-order valence-corrected chi connectivity index (χ4v) is 4.34. The summed E-state index contributed by atoms with van der Waals surface area (Å²) in [5.41, 5.74) is 1.70. The predicted molar refractivity (Wildman–Crippen MR) is 136 cm³/mol. The van der Waals surface area contributed by atoms with Gasteiger partial charge in [0.2, 0.25) is 5.90 Å². The van der Waals surface area contributed by atoms with Crippen molar-refractivity contribution in [1.29, 1.82) is 0 Å². The number of carbonyl (C=O) groups is 1. The lowest BCUT2D eigenvalue weighted by molar-refractivity contribution is -0.129. The molecule has 0 aliphatic carbocycles. The standard InChI is InChI=1S/C24H15BrClFINO4/c1-31-21-10-13(8-17(25)22(21)32-12-14-4-2-3-5-19(14)27)9-20-24(30)33-23(29-20)16-11-15(28)6-7-18(16)26/h2-11H,12H2,1H3/b20-9-. The topological polar surface area (TPSA) is 57.1 Å². The van der Waals surface area contributed by atoms with Crippen LogP contribution in [0.5, 0.6) is 11.5 Å². The molecule has 0 unspecified atom stereocenters. The Morgan fingerprint density at radius 1 is 1.21 bits per heavy atom. The largest absolute Gasteiger partial charge is 0.493 e. The first kappa shape index (κ1) is 23.7. The summed E-state index contributed by atoms with van der Waals surface area (Å²) in [6.07, 6.45) is 1.57. The number of benzene rings is 3. The molecule has 0 atom stereocenters. The Morgan fingerprint density at radius 3 is 2.76 bits per heavy atom. The quantitative estimate of drug-likeness (QED) is 0.169. The van der Waals surface area contributed by atoms with Gasteiger partial charge in [-0.25, -0.2) is 14.2 Å². The number of nitrogens with zero attached hydrogens (tertiary/aromatic N) is 1. The van der Waals surface area contributed by atoms with Crippen LogP contribution in [-0.4, -0.2) is 19.0 Å². The average Bonchev–Trinajstić information content (AvgIpc) is 3.15. The molecule has 0 saturated heterocycles. The number of halogens is 4. The maximum atomic E-state index is 13.9. The molecule has 1 heterocycles. The Kier molecular flexibility index (Phi) is 7.35. The molecule has 5 nitrogen and oxygen atoms in total. The van der Waals surface area contributed by atoms with Crippen LogP contribution in [0.2, 0.25) is 5.02 Å². The zero-order chi connectivity index (χ0) is 23.5. The molecular weight excluding hydrogens is 628 g/mol. The Bertz CT molecular complexity index is 1310. The van der Waals surface area contributed by atoms with E-state index in [1.807, 2.05) is 6.07 Å². The molecule has 0 spiro atoms. The normalized spacial score (nSPS) is 14.3. The van der Waals surface area contributed by atoms with Crippen molar-refractivity contribution in [2.45, 2.75) is 6.61 Å². The van der Waals surface area contributed by atoms with Crippen LogP contribution in [-0.2, 0) is 16.1 Å². The van der Waals surface area contributed by atoms with E-state index in [4.69, 9.17) is 25.8 Å². The first-order valence-corrected chi connectivity index (χ1v) is 11.8. The minimum atomic E-state index is -0.588. The number of esters is 1. The predicted octanol–water partition coefficient (Wildman–Crippen LogP) is 6.78. The van der Waals surface area contributed by atoms with Crippen LogP contribution in [0.1, 0.15) is 16.7 Å². The summed E-state index contributed by atoms with van der Waals surface area (Å²) < 4.78 is 32.0. The summed E-state index contributed by atoms with van der Waals surface area (Å²) in [5.74, 6) is 0.0200. The van der Waals surface area contributed by atoms with Gasteiger partial charge in [0, 0.05) is 9.13 Å². The summed E-state index contributed by atoms with van der Waals surface area (Å²) in [6.45, 7) is 0.0265. The monoisotopic (exact) mass is 641 g/mol. The van der Waals surface area contributed by atoms with Crippen molar-refractivity contribution in [2.75, 3.05) is 7.11 Å². The van der Waals surface area contributed by atoms with Gasteiger partial charge < -0.3 is 14.2 Å². The number of carbonyl (C=O) groups excluding carboxylic acids is 1. The molecule has 0 bridgehead atoms. The third-order valence-corrected chi connectivity index (χ3v) is 6.25. The zero-order valence-electron chi connectivity index (χ0n) is 17.1. The molecule has 9 heteroatoms. The van der Waals surface area contributed by atoms with Gasteiger partial charge in [0.15, 0.2) is 17.2 Å². The van der Waals surface area contributed by atoms with Crippen molar-refractivity contribution in [1.82, 2.24) is 0 Å². The number of hydrogen-bond acceptors (Lipinski definition) is 5.